The molecule has 0 spiro atoms. The molecule has 0 atom stereocenters. The summed E-state index contributed by atoms with van der Waals surface area (Å²) in [6.45, 7) is 6.79. The summed E-state index contributed by atoms with van der Waals surface area (Å²) >= 11 is 5.37. The van der Waals surface area contributed by atoms with Crippen LogP contribution in [0.2, 0.25) is 0 Å². The number of likely N-dealkylation sites (N-methyl/N-ethyl adjacent to an activating group) is 1. The van der Waals surface area contributed by atoms with Gasteiger partial charge in [0.05, 0.1) is 0 Å². The Bertz CT molecular complexity index is 271. The topological polar surface area (TPSA) is 30.5 Å². The Labute approximate surface area is 122 Å². The van der Waals surface area contributed by atoms with E-state index < -0.39 is 0 Å². The van der Waals surface area contributed by atoms with Crippen molar-refractivity contribution in [1.82, 2.24) is 20.4 Å². The summed E-state index contributed by atoms with van der Waals surface area (Å²) in [4.78, 5) is 4.90. The predicted octanol–water partition coefficient (Wildman–Crippen LogP) is 1.03. The molecule has 110 valence electrons. The molecule has 0 amide bonds. The van der Waals surface area contributed by atoms with Crippen LogP contribution >= 0.6 is 12.2 Å². The molecule has 2 rings (SSSR count). The maximum atomic E-state index is 5.37. The van der Waals surface area contributed by atoms with Crippen LogP contribution in [-0.4, -0.2) is 67.3 Å². The maximum absolute atomic E-state index is 5.37. The smallest absolute Gasteiger partial charge is 0.166 e. The highest BCUT2D eigenvalue weighted by molar-refractivity contribution is 7.80. The summed E-state index contributed by atoms with van der Waals surface area (Å²) in [5.41, 5.74) is 0. The molecule has 2 N–H and O–H groups in total. The summed E-state index contributed by atoms with van der Waals surface area (Å²) in [5.74, 6) is 0. The van der Waals surface area contributed by atoms with E-state index in [1.54, 1.807) is 0 Å². The number of nitrogens with one attached hydrogen (secondary N) is 2. The number of rotatable bonds is 4. The van der Waals surface area contributed by atoms with Crippen LogP contribution in [-0.2, 0) is 0 Å². The summed E-state index contributed by atoms with van der Waals surface area (Å²) in [7, 11) is 2.19. The third-order valence-electron chi connectivity index (χ3n) is 4.25. The summed E-state index contributed by atoms with van der Waals surface area (Å²) in [6, 6.07) is 0.609. The standard InChI is InChI=1S/C14H28N4S/c1-17-9-11-18(12-10-17)8-7-15-14(19)16-13-5-3-2-4-6-13/h13H,2-12H2,1H3,(H2,15,16,19). The maximum Gasteiger partial charge on any atom is 0.166 e. The lowest BCUT2D eigenvalue weighted by Crippen LogP contribution is -2.48. The third-order valence-corrected chi connectivity index (χ3v) is 4.51. The molecule has 0 radical (unpaired) electrons. The average Bonchev–Trinajstić information content (AvgIpc) is 2.42. The number of piperazine rings is 1. The minimum absolute atomic E-state index is 0.609. The van der Waals surface area contributed by atoms with Crippen molar-refractivity contribution >= 4 is 17.3 Å². The molecule has 1 saturated heterocycles. The van der Waals surface area contributed by atoms with Crippen molar-refractivity contribution in [3.8, 4) is 0 Å². The minimum Gasteiger partial charge on any atom is -0.361 e. The summed E-state index contributed by atoms with van der Waals surface area (Å²) < 4.78 is 0. The Balaban J connectivity index is 1.53. The molecule has 1 saturated carbocycles. The number of hydrogen-bond acceptors (Lipinski definition) is 3. The van der Waals surface area contributed by atoms with Crippen molar-refractivity contribution in [2.75, 3.05) is 46.3 Å². The van der Waals surface area contributed by atoms with E-state index in [2.05, 4.69) is 27.5 Å². The first-order valence-electron chi connectivity index (χ1n) is 7.69. The lowest BCUT2D eigenvalue weighted by atomic mass is 9.96. The first-order valence-corrected chi connectivity index (χ1v) is 8.10. The predicted molar refractivity (Wildman–Crippen MR) is 84.5 cm³/mol. The molecule has 0 aromatic heterocycles. The zero-order valence-electron chi connectivity index (χ0n) is 12.2. The van der Waals surface area contributed by atoms with Gasteiger partial charge in [0.1, 0.15) is 0 Å². The zero-order valence-corrected chi connectivity index (χ0v) is 13.0. The lowest BCUT2D eigenvalue weighted by Gasteiger charge is -2.32. The van der Waals surface area contributed by atoms with Crippen molar-refractivity contribution in [2.24, 2.45) is 0 Å². The molecular formula is C14H28N4S. The second-order valence-electron chi connectivity index (χ2n) is 5.88. The highest BCUT2D eigenvalue weighted by Crippen LogP contribution is 2.17. The van der Waals surface area contributed by atoms with E-state index in [9.17, 15) is 0 Å². The zero-order chi connectivity index (χ0) is 13.5. The van der Waals surface area contributed by atoms with Gasteiger partial charge in [0, 0.05) is 45.3 Å². The molecule has 1 aliphatic carbocycles. The fraction of sp³-hybridized carbons (Fsp3) is 0.929. The Kier molecular flexibility index (Phi) is 6.34. The first kappa shape index (κ1) is 15.0. The summed E-state index contributed by atoms with van der Waals surface area (Å²) in [6.07, 6.45) is 6.64. The Hall–Kier alpha value is -0.390. The first-order chi connectivity index (χ1) is 9.24. The van der Waals surface area contributed by atoms with Gasteiger partial charge >= 0.3 is 0 Å². The van der Waals surface area contributed by atoms with Gasteiger partial charge in [0.25, 0.3) is 0 Å². The van der Waals surface area contributed by atoms with Crippen molar-refractivity contribution in [1.29, 1.82) is 0 Å². The number of thiocarbonyl (C=S) groups is 1. The Morgan fingerprint density at radius 3 is 2.47 bits per heavy atom. The van der Waals surface area contributed by atoms with E-state index in [1.165, 1.54) is 58.3 Å². The van der Waals surface area contributed by atoms with Gasteiger partial charge in [-0.2, -0.15) is 0 Å². The van der Waals surface area contributed by atoms with Gasteiger partial charge in [-0.3, -0.25) is 4.90 Å². The van der Waals surface area contributed by atoms with Gasteiger partial charge in [-0.05, 0) is 32.1 Å². The van der Waals surface area contributed by atoms with Gasteiger partial charge < -0.3 is 15.5 Å². The lowest BCUT2D eigenvalue weighted by molar-refractivity contribution is 0.156. The molecule has 0 unspecified atom stereocenters. The molecule has 1 aliphatic heterocycles. The molecule has 5 heteroatoms. The second-order valence-corrected chi connectivity index (χ2v) is 6.29. The van der Waals surface area contributed by atoms with Crippen molar-refractivity contribution in [2.45, 2.75) is 38.1 Å². The Morgan fingerprint density at radius 2 is 1.79 bits per heavy atom. The van der Waals surface area contributed by atoms with E-state index in [1.807, 2.05) is 0 Å². The quantitative estimate of drug-likeness (QED) is 0.753. The van der Waals surface area contributed by atoms with Gasteiger partial charge in [-0.25, -0.2) is 0 Å². The fourth-order valence-electron chi connectivity index (χ4n) is 2.88. The molecule has 0 bridgehead atoms. The number of hydrogen-bond donors (Lipinski definition) is 2. The van der Waals surface area contributed by atoms with E-state index >= 15 is 0 Å². The average molecular weight is 284 g/mol. The molecule has 0 aromatic rings. The van der Waals surface area contributed by atoms with Crippen molar-refractivity contribution in [3.05, 3.63) is 0 Å². The third kappa shape index (κ3) is 5.63. The Morgan fingerprint density at radius 1 is 1.11 bits per heavy atom. The molecule has 2 fully saturated rings. The normalized spacial score (nSPS) is 23.2. The van der Waals surface area contributed by atoms with E-state index in [0.29, 0.717) is 6.04 Å². The van der Waals surface area contributed by atoms with Gasteiger partial charge in [0.15, 0.2) is 5.11 Å². The number of nitrogens with zero attached hydrogens (tertiary/aromatic N) is 2. The highest BCUT2D eigenvalue weighted by atomic mass is 32.1. The SMILES string of the molecule is CN1CCN(CCNC(=S)NC2CCCCC2)CC1. The van der Waals surface area contributed by atoms with Crippen LogP contribution in [0.3, 0.4) is 0 Å². The van der Waals surface area contributed by atoms with Crippen LogP contribution in [0.1, 0.15) is 32.1 Å². The van der Waals surface area contributed by atoms with Gasteiger partial charge in [-0.15, -0.1) is 0 Å². The monoisotopic (exact) mass is 284 g/mol. The molecule has 19 heavy (non-hydrogen) atoms. The highest BCUT2D eigenvalue weighted by Gasteiger charge is 2.15. The van der Waals surface area contributed by atoms with Crippen LogP contribution in [0.4, 0.5) is 0 Å². The van der Waals surface area contributed by atoms with Crippen LogP contribution < -0.4 is 10.6 Å². The molecule has 2 aliphatic rings. The fourth-order valence-corrected chi connectivity index (χ4v) is 3.15. The van der Waals surface area contributed by atoms with Crippen LogP contribution in [0, 0.1) is 0 Å². The van der Waals surface area contributed by atoms with E-state index in [0.717, 1.165) is 18.2 Å². The van der Waals surface area contributed by atoms with E-state index in [-0.39, 0.29) is 0 Å². The van der Waals surface area contributed by atoms with Crippen LogP contribution in [0.25, 0.3) is 0 Å². The second kappa shape index (κ2) is 8.02. The molecule has 0 aromatic carbocycles. The molecule has 1 heterocycles. The van der Waals surface area contributed by atoms with Gasteiger partial charge in [-0.1, -0.05) is 19.3 Å². The minimum atomic E-state index is 0.609. The largest absolute Gasteiger partial charge is 0.361 e. The molecule has 4 nitrogen and oxygen atoms in total. The van der Waals surface area contributed by atoms with Crippen LogP contribution in [0.5, 0.6) is 0 Å². The van der Waals surface area contributed by atoms with Crippen LogP contribution in [0.15, 0.2) is 0 Å². The summed E-state index contributed by atoms with van der Waals surface area (Å²) in [5, 5.41) is 7.66. The van der Waals surface area contributed by atoms with Gasteiger partial charge in [0.2, 0.25) is 0 Å². The van der Waals surface area contributed by atoms with E-state index in [4.69, 9.17) is 12.2 Å². The molecular weight excluding hydrogens is 256 g/mol. The van der Waals surface area contributed by atoms with Crippen molar-refractivity contribution < 1.29 is 0 Å². The van der Waals surface area contributed by atoms with Crippen molar-refractivity contribution in [3.63, 3.8) is 0 Å².